The minimum absolute atomic E-state index is 0.819. The molecule has 0 atom stereocenters. The second kappa shape index (κ2) is 2.39. The molecule has 0 spiro atoms. The van der Waals surface area contributed by atoms with Gasteiger partial charge in [0.05, 0.1) is 6.26 Å². The molecule has 0 unspecified atom stereocenters. The van der Waals surface area contributed by atoms with Crippen LogP contribution in [-0.2, 0) is 14.0 Å². The summed E-state index contributed by atoms with van der Waals surface area (Å²) in [4.78, 5) is 0. The first-order valence-corrected chi connectivity index (χ1v) is 4.39. The van der Waals surface area contributed by atoms with E-state index in [1.807, 2.05) is 0 Å². The first kappa shape index (κ1) is 7.06. The second-order valence-electron chi connectivity index (χ2n) is 0.931. The van der Waals surface area contributed by atoms with Crippen LogP contribution in [0.5, 0.6) is 0 Å². The highest BCUT2D eigenvalue weighted by Gasteiger charge is 1.97. The fourth-order valence-corrected chi connectivity index (χ4v) is 0.728. The molecule has 0 saturated heterocycles. The van der Waals surface area contributed by atoms with Gasteiger partial charge in [0.25, 0.3) is 10.1 Å². The molecule has 0 bridgehead atoms. The van der Waals surface area contributed by atoms with Gasteiger partial charge in [-0.2, -0.15) is 0 Å². The lowest BCUT2D eigenvalue weighted by molar-refractivity contribution is 0.486. The van der Waals surface area contributed by atoms with Gasteiger partial charge in [0, 0.05) is 0 Å². The van der Waals surface area contributed by atoms with E-state index < -0.39 is 20.2 Å². The molecular formula is CH5FO3SSi. The van der Waals surface area contributed by atoms with Gasteiger partial charge in [0.15, 0.2) is 0 Å². The van der Waals surface area contributed by atoms with Gasteiger partial charge in [-0.15, -0.1) is 0 Å². The summed E-state index contributed by atoms with van der Waals surface area (Å²) in [5.74, 6) is 0. The molecule has 0 aromatic carbocycles. The molecule has 0 N–H and O–H groups in total. The van der Waals surface area contributed by atoms with Crippen LogP contribution in [0.25, 0.3) is 0 Å². The van der Waals surface area contributed by atoms with Gasteiger partial charge in [0.1, 0.15) is 0 Å². The highest BCUT2D eigenvalue weighted by molar-refractivity contribution is 7.86. The van der Waals surface area contributed by atoms with Crippen molar-refractivity contribution in [2.75, 3.05) is 6.26 Å². The van der Waals surface area contributed by atoms with Gasteiger partial charge in [-0.1, -0.05) is 0 Å². The fraction of sp³-hybridized carbons (Fsp3) is 1.00. The van der Waals surface area contributed by atoms with Crippen molar-refractivity contribution in [3.05, 3.63) is 0 Å². The SMILES string of the molecule is CS(=O)(=O)O[SiH2]F. The minimum Gasteiger partial charge on any atom is -0.286 e. The largest absolute Gasteiger partial charge is 0.371 e. The van der Waals surface area contributed by atoms with Crippen LogP contribution in [0.4, 0.5) is 4.11 Å². The third-order valence-electron chi connectivity index (χ3n) is 0.259. The number of hydrogen-bond donors (Lipinski definition) is 0. The molecule has 0 amide bonds. The van der Waals surface area contributed by atoms with E-state index in [0.29, 0.717) is 0 Å². The average Bonchev–Trinajstić information content (AvgIpc) is 1.30. The minimum atomic E-state index is -3.49. The molecule has 0 aliphatic heterocycles. The lowest BCUT2D eigenvalue weighted by atomic mass is 12.0. The number of hydrogen-bond acceptors (Lipinski definition) is 3. The van der Waals surface area contributed by atoms with E-state index in [0.717, 1.165) is 6.26 Å². The van der Waals surface area contributed by atoms with Gasteiger partial charge in [-0.05, 0) is 0 Å². The van der Waals surface area contributed by atoms with Crippen LogP contribution in [0.1, 0.15) is 0 Å². The van der Waals surface area contributed by atoms with Crippen LogP contribution in [-0.4, -0.2) is 24.8 Å². The molecule has 0 saturated carbocycles. The molecular weight excluding hydrogens is 139 g/mol. The molecule has 0 aliphatic carbocycles. The van der Waals surface area contributed by atoms with Gasteiger partial charge in [-0.3, -0.25) is 7.98 Å². The lowest BCUT2D eigenvalue weighted by Gasteiger charge is -1.88. The quantitative estimate of drug-likeness (QED) is 0.366. The normalized spacial score (nSPS) is 13.4. The monoisotopic (exact) mass is 144 g/mol. The molecule has 6 heteroatoms. The molecule has 0 aromatic heterocycles. The molecule has 0 rings (SSSR count). The number of halogens is 1. The Bertz CT molecular complexity index is 128. The van der Waals surface area contributed by atoms with E-state index in [1.165, 1.54) is 0 Å². The molecule has 0 aliphatic rings. The van der Waals surface area contributed by atoms with Gasteiger partial charge in [0.2, 0.25) is 0 Å². The maximum Gasteiger partial charge on any atom is 0.371 e. The summed E-state index contributed by atoms with van der Waals surface area (Å²) in [6.45, 7) is 0. The Morgan fingerprint density at radius 3 is 2.14 bits per heavy atom. The van der Waals surface area contributed by atoms with E-state index in [9.17, 15) is 12.5 Å². The Morgan fingerprint density at radius 1 is 1.71 bits per heavy atom. The zero-order valence-electron chi connectivity index (χ0n) is 3.72. The summed E-state index contributed by atoms with van der Waals surface area (Å²) in [6, 6.07) is 0. The summed E-state index contributed by atoms with van der Waals surface area (Å²) >= 11 is 0. The number of rotatable bonds is 2. The molecule has 0 aromatic rings. The van der Waals surface area contributed by atoms with Crippen molar-refractivity contribution in [3.8, 4) is 0 Å². The average molecular weight is 144 g/mol. The lowest BCUT2D eigenvalue weighted by Crippen LogP contribution is -2.02. The van der Waals surface area contributed by atoms with Gasteiger partial charge < -0.3 is 0 Å². The zero-order chi connectivity index (χ0) is 5.91. The maximum absolute atomic E-state index is 11.0. The standard InChI is InChI=1S/CH5FO3SSi/c1-6(3,4)5-7-2/h7H2,1H3. The third-order valence-corrected chi connectivity index (χ3v) is 2.33. The Kier molecular flexibility index (Phi) is 2.41. The summed E-state index contributed by atoms with van der Waals surface area (Å²) < 4.78 is 34.3. The second-order valence-corrected chi connectivity index (χ2v) is 3.50. The Labute approximate surface area is 43.7 Å². The molecule has 7 heavy (non-hydrogen) atoms. The van der Waals surface area contributed by atoms with Gasteiger partial charge >= 0.3 is 10.1 Å². The van der Waals surface area contributed by atoms with Crippen LogP contribution >= 0.6 is 0 Å². The van der Waals surface area contributed by atoms with Crippen molar-refractivity contribution in [3.63, 3.8) is 0 Å². The van der Waals surface area contributed by atoms with Crippen molar-refractivity contribution < 1.29 is 16.4 Å². The van der Waals surface area contributed by atoms with Crippen molar-refractivity contribution in [1.82, 2.24) is 0 Å². The van der Waals surface area contributed by atoms with Crippen LogP contribution in [0.3, 0.4) is 0 Å². The summed E-state index contributed by atoms with van der Waals surface area (Å²) in [6.07, 6.45) is 0.819. The molecule has 0 heterocycles. The van der Waals surface area contributed by atoms with Crippen LogP contribution in [0.15, 0.2) is 0 Å². The first-order valence-electron chi connectivity index (χ1n) is 1.46. The van der Waals surface area contributed by atoms with Crippen LogP contribution in [0.2, 0.25) is 0 Å². The Morgan fingerprint density at radius 2 is 2.14 bits per heavy atom. The topological polar surface area (TPSA) is 43.4 Å². The van der Waals surface area contributed by atoms with Crippen molar-refractivity contribution >= 4 is 20.2 Å². The molecule has 44 valence electrons. The summed E-state index contributed by atoms with van der Waals surface area (Å²) in [5.41, 5.74) is 0. The molecule has 0 fully saturated rings. The maximum atomic E-state index is 11.0. The van der Waals surface area contributed by atoms with E-state index in [2.05, 4.69) is 3.87 Å². The summed E-state index contributed by atoms with van der Waals surface area (Å²) in [5, 5.41) is 0. The van der Waals surface area contributed by atoms with Crippen molar-refractivity contribution in [2.24, 2.45) is 0 Å². The van der Waals surface area contributed by atoms with E-state index in [-0.39, 0.29) is 0 Å². The smallest absolute Gasteiger partial charge is 0.286 e. The summed E-state index contributed by atoms with van der Waals surface area (Å²) in [7, 11) is -5.77. The van der Waals surface area contributed by atoms with Crippen molar-refractivity contribution in [1.29, 1.82) is 0 Å². The fourth-order valence-electron chi connectivity index (χ4n) is 0.0809. The third kappa shape index (κ3) is 6.06. The first-order chi connectivity index (χ1) is 3.06. The Balaban J connectivity index is 3.60. The highest BCUT2D eigenvalue weighted by Crippen LogP contribution is 1.81. The van der Waals surface area contributed by atoms with E-state index in [4.69, 9.17) is 0 Å². The predicted octanol–water partition coefficient (Wildman–Crippen LogP) is -1.07. The predicted molar refractivity (Wildman–Crippen MR) is 25.6 cm³/mol. The zero-order valence-corrected chi connectivity index (χ0v) is 5.95. The van der Waals surface area contributed by atoms with Crippen LogP contribution < -0.4 is 0 Å². The molecule has 3 nitrogen and oxygen atoms in total. The van der Waals surface area contributed by atoms with Crippen molar-refractivity contribution in [2.45, 2.75) is 0 Å². The van der Waals surface area contributed by atoms with Gasteiger partial charge in [-0.25, -0.2) is 8.42 Å². The van der Waals surface area contributed by atoms with E-state index in [1.54, 1.807) is 0 Å². The molecule has 0 radical (unpaired) electrons. The highest BCUT2D eigenvalue weighted by atomic mass is 32.2. The van der Waals surface area contributed by atoms with E-state index >= 15 is 0 Å². The Hall–Kier alpha value is 0.0569. The van der Waals surface area contributed by atoms with Crippen LogP contribution in [0, 0.1) is 0 Å².